The number of nitrogens with two attached hydrogens (primary N) is 2. The van der Waals surface area contributed by atoms with Crippen molar-refractivity contribution in [1.82, 2.24) is 9.55 Å². The van der Waals surface area contributed by atoms with Gasteiger partial charge >= 0.3 is 5.69 Å². The number of rotatable bonds is 10. The van der Waals surface area contributed by atoms with E-state index in [0.717, 1.165) is 0 Å². The molecule has 1 fully saturated rings. The molecule has 0 aromatic carbocycles. The van der Waals surface area contributed by atoms with Crippen LogP contribution in [0, 0.1) is 12.0 Å². The number of nitrogen functional groups attached to an aromatic ring is 1. The van der Waals surface area contributed by atoms with E-state index < -0.39 is 26.4 Å². The van der Waals surface area contributed by atoms with Crippen molar-refractivity contribution in [2.75, 3.05) is 18.3 Å². The second-order valence-electron chi connectivity index (χ2n) is 7.61. The lowest BCUT2D eigenvalue weighted by molar-refractivity contribution is -0.0504. The van der Waals surface area contributed by atoms with E-state index >= 15 is 0 Å². The quantitative estimate of drug-likeness (QED) is 0.0852. The van der Waals surface area contributed by atoms with Gasteiger partial charge in [0.2, 0.25) is 0 Å². The molecule has 0 aliphatic carbocycles. The van der Waals surface area contributed by atoms with Gasteiger partial charge in [-0.2, -0.15) is 4.98 Å². The van der Waals surface area contributed by atoms with Gasteiger partial charge in [0.15, 0.2) is 8.38 Å². The van der Waals surface area contributed by atoms with Crippen LogP contribution in [0.2, 0.25) is 0 Å². The highest BCUT2D eigenvalue weighted by Crippen LogP contribution is 2.40. The van der Waals surface area contributed by atoms with E-state index in [0.29, 0.717) is 12.4 Å². The summed E-state index contributed by atoms with van der Waals surface area (Å²) in [6.07, 6.45) is 0.664. The van der Waals surface area contributed by atoms with Gasteiger partial charge < -0.3 is 30.4 Å². The fourth-order valence-corrected chi connectivity index (χ4v) is 5.31. The van der Waals surface area contributed by atoms with E-state index in [4.69, 9.17) is 25.5 Å². The summed E-state index contributed by atoms with van der Waals surface area (Å²) < 4.78 is 19.1. The molecular weight excluding hydrogens is 446 g/mol. The van der Waals surface area contributed by atoms with E-state index in [9.17, 15) is 9.69 Å². The first-order chi connectivity index (χ1) is 14.1. The number of ether oxygens (including phenoxy) is 2. The molecule has 2 rings (SSSR count). The van der Waals surface area contributed by atoms with Crippen molar-refractivity contribution in [2.45, 2.75) is 55.9 Å². The molecule has 2 heterocycles. The van der Waals surface area contributed by atoms with Crippen LogP contribution in [0.1, 0.15) is 33.4 Å². The van der Waals surface area contributed by atoms with E-state index in [2.05, 4.69) is 38.6 Å². The van der Waals surface area contributed by atoms with Crippen LogP contribution in [-0.2, 0) is 14.0 Å². The zero-order valence-corrected chi connectivity index (χ0v) is 20.0. The maximum Gasteiger partial charge on any atom is 0.351 e. The lowest BCUT2D eigenvalue weighted by atomic mass is 9.91. The SMILES string of the molecule is BC(C)(C)SSCO[C@@H]1C[C@H](n2ccc(N)nc2=O)OC1COP(O)C(C)C#CN. The topological polar surface area (TPSA) is 135 Å². The molecule has 0 saturated carbocycles. The summed E-state index contributed by atoms with van der Waals surface area (Å²) in [6.45, 7) is 6.10. The second kappa shape index (κ2) is 11.6. The van der Waals surface area contributed by atoms with Crippen LogP contribution in [0.3, 0.4) is 0 Å². The van der Waals surface area contributed by atoms with E-state index in [-0.39, 0.29) is 28.8 Å². The fourth-order valence-electron chi connectivity index (χ4n) is 2.60. The van der Waals surface area contributed by atoms with E-state index in [1.165, 1.54) is 4.57 Å². The summed E-state index contributed by atoms with van der Waals surface area (Å²) in [6, 6.07) is 3.82. The number of hydrogen-bond donors (Lipinski definition) is 3. The molecule has 0 spiro atoms. The predicted molar refractivity (Wildman–Crippen MR) is 125 cm³/mol. The summed E-state index contributed by atoms with van der Waals surface area (Å²) in [5.74, 6) is 3.28. The van der Waals surface area contributed by atoms with E-state index in [1.807, 2.05) is 0 Å². The first-order valence-corrected chi connectivity index (χ1v) is 12.9. The number of nitrogens with zero attached hydrogens (tertiary/aromatic N) is 2. The summed E-state index contributed by atoms with van der Waals surface area (Å²) in [7, 11) is 3.68. The Hall–Kier alpha value is -0.925. The van der Waals surface area contributed by atoms with Crippen LogP contribution < -0.4 is 17.2 Å². The van der Waals surface area contributed by atoms with Crippen molar-refractivity contribution in [3.63, 3.8) is 0 Å². The van der Waals surface area contributed by atoms with Crippen LogP contribution in [0.15, 0.2) is 17.1 Å². The third-order valence-corrected chi connectivity index (χ3v) is 8.17. The van der Waals surface area contributed by atoms with Gasteiger partial charge in [0.1, 0.15) is 31.9 Å². The minimum Gasteiger partial charge on any atom is -0.383 e. The molecular formula is C17H28BN4O5PS2. The molecule has 1 aromatic rings. The molecule has 1 aliphatic heterocycles. The third kappa shape index (κ3) is 7.96. The molecule has 166 valence electrons. The molecule has 0 bridgehead atoms. The molecule has 5 atom stereocenters. The van der Waals surface area contributed by atoms with Crippen molar-refractivity contribution in [3.05, 3.63) is 22.7 Å². The standard InChI is InChI=1S/C17H28BN4O5PS2/c1-11(4-6-19)28(24)26-9-13-12(25-10-29-30-17(2,3)18)8-15(27-13)22-7-5-14(20)21-16(22)23/h5,7,11-13,15,24H,8-10,18-19H2,1-3H3,(H2,20,21,23)/t11?,12-,13?,15-,28?/m1/s1. The summed E-state index contributed by atoms with van der Waals surface area (Å²) in [4.78, 5) is 26.1. The highest BCUT2D eigenvalue weighted by Gasteiger charge is 2.38. The Labute approximate surface area is 186 Å². The number of aromatic nitrogens is 2. The Bertz CT molecular complexity index is 816. The van der Waals surface area contributed by atoms with Crippen molar-refractivity contribution in [2.24, 2.45) is 5.73 Å². The van der Waals surface area contributed by atoms with Crippen LogP contribution in [0.4, 0.5) is 5.82 Å². The molecule has 0 radical (unpaired) electrons. The zero-order valence-electron chi connectivity index (χ0n) is 17.5. The minimum absolute atomic E-state index is 0.105. The van der Waals surface area contributed by atoms with Crippen molar-refractivity contribution in [3.8, 4) is 12.0 Å². The molecule has 0 amide bonds. The van der Waals surface area contributed by atoms with Crippen LogP contribution in [0.5, 0.6) is 0 Å². The molecule has 3 unspecified atom stereocenters. The smallest absolute Gasteiger partial charge is 0.351 e. The normalized spacial score (nSPS) is 23.5. The van der Waals surface area contributed by atoms with Crippen molar-refractivity contribution < 1.29 is 18.9 Å². The van der Waals surface area contributed by atoms with E-state index in [1.54, 1.807) is 40.8 Å². The molecule has 30 heavy (non-hydrogen) atoms. The summed E-state index contributed by atoms with van der Waals surface area (Å²) >= 11 is 0. The van der Waals surface area contributed by atoms with Crippen LogP contribution in [0.25, 0.3) is 0 Å². The highest BCUT2D eigenvalue weighted by molar-refractivity contribution is 8.77. The fraction of sp³-hybridized carbons (Fsp3) is 0.647. The van der Waals surface area contributed by atoms with Gasteiger partial charge in [-0.15, -0.1) is 0 Å². The van der Waals surface area contributed by atoms with Gasteiger partial charge in [-0.05, 0) is 17.6 Å². The van der Waals surface area contributed by atoms with Gasteiger partial charge in [-0.25, -0.2) is 4.79 Å². The third-order valence-electron chi connectivity index (χ3n) is 3.98. The average Bonchev–Trinajstić information content (AvgIpc) is 3.05. The predicted octanol–water partition coefficient (Wildman–Crippen LogP) is 0.835. The Morgan fingerprint density at radius 2 is 2.33 bits per heavy atom. The first kappa shape index (κ1) is 25.3. The monoisotopic (exact) mass is 474 g/mol. The van der Waals surface area contributed by atoms with Gasteiger partial charge in [-0.1, -0.05) is 41.4 Å². The van der Waals surface area contributed by atoms with Crippen molar-refractivity contribution in [1.29, 1.82) is 0 Å². The van der Waals surface area contributed by atoms with Gasteiger partial charge in [0.05, 0.1) is 18.4 Å². The summed E-state index contributed by atoms with van der Waals surface area (Å²) in [5.41, 5.74) is 9.89. The Kier molecular flexibility index (Phi) is 9.82. The lowest BCUT2D eigenvalue weighted by Crippen LogP contribution is -2.29. The molecule has 1 saturated heterocycles. The maximum absolute atomic E-state index is 12.2. The highest BCUT2D eigenvalue weighted by atomic mass is 33.1. The lowest BCUT2D eigenvalue weighted by Gasteiger charge is -2.22. The summed E-state index contributed by atoms with van der Waals surface area (Å²) in [5, 5.41) is 0. The van der Waals surface area contributed by atoms with Crippen molar-refractivity contribution >= 4 is 43.6 Å². The van der Waals surface area contributed by atoms with Gasteiger partial charge in [0.25, 0.3) is 0 Å². The Balaban J connectivity index is 2.03. The first-order valence-electron chi connectivity index (χ1n) is 9.35. The molecule has 13 heteroatoms. The molecule has 5 N–H and O–H groups in total. The number of anilines is 1. The van der Waals surface area contributed by atoms with Gasteiger partial charge in [0, 0.05) is 18.7 Å². The largest absolute Gasteiger partial charge is 0.383 e. The zero-order chi connectivity index (χ0) is 22.3. The second-order valence-corrected chi connectivity index (χ2v) is 12.3. The average molecular weight is 474 g/mol. The maximum atomic E-state index is 12.2. The molecule has 1 aromatic heterocycles. The Morgan fingerprint density at radius 3 is 2.97 bits per heavy atom. The van der Waals surface area contributed by atoms with Crippen LogP contribution >= 0.6 is 30.0 Å². The minimum atomic E-state index is -1.79. The van der Waals surface area contributed by atoms with Gasteiger partial charge in [-0.3, -0.25) is 4.57 Å². The van der Waals surface area contributed by atoms with Crippen LogP contribution in [-0.4, -0.2) is 57.3 Å². The molecule has 1 aliphatic rings. The number of hydrogen-bond acceptors (Lipinski definition) is 10. The molecule has 9 nitrogen and oxygen atoms in total. The Morgan fingerprint density at radius 1 is 1.60 bits per heavy atom.